The Kier molecular flexibility index (Phi) is 4.02. The van der Waals surface area contributed by atoms with E-state index >= 15 is 0 Å². The number of nitrogens with zero attached hydrogens (tertiary/aromatic N) is 2. The molecule has 6 heteroatoms. The van der Waals surface area contributed by atoms with Crippen LogP contribution in [0.25, 0.3) is 11.0 Å². The van der Waals surface area contributed by atoms with Gasteiger partial charge in [0.05, 0.1) is 16.6 Å². The zero-order valence-electron chi connectivity index (χ0n) is 11.5. The van der Waals surface area contributed by atoms with Crippen LogP contribution in [0.1, 0.15) is 29.5 Å². The summed E-state index contributed by atoms with van der Waals surface area (Å²) in [6, 6.07) is 5.03. The van der Waals surface area contributed by atoms with Gasteiger partial charge in [0, 0.05) is 26.4 Å². The van der Waals surface area contributed by atoms with Crippen LogP contribution in [0.2, 0.25) is 0 Å². The molecule has 6 nitrogen and oxygen atoms in total. The van der Waals surface area contributed by atoms with Crippen molar-refractivity contribution >= 4 is 22.9 Å². The second-order valence-corrected chi connectivity index (χ2v) is 4.43. The Balaban J connectivity index is 2.54. The highest BCUT2D eigenvalue weighted by atomic mass is 16.4. The molecule has 2 N–H and O–H groups in total. The summed E-state index contributed by atoms with van der Waals surface area (Å²) in [6.07, 6.45) is 0.977. The molecule has 20 heavy (non-hydrogen) atoms. The van der Waals surface area contributed by atoms with Crippen molar-refractivity contribution in [3.63, 3.8) is 0 Å². The molecule has 0 saturated heterocycles. The van der Waals surface area contributed by atoms with Crippen LogP contribution in [-0.4, -0.2) is 33.6 Å². The second-order valence-electron chi connectivity index (χ2n) is 4.43. The quantitative estimate of drug-likeness (QED) is 0.864. The van der Waals surface area contributed by atoms with Crippen molar-refractivity contribution in [3.8, 4) is 0 Å². The Morgan fingerprint density at radius 1 is 1.40 bits per heavy atom. The van der Waals surface area contributed by atoms with Gasteiger partial charge in [-0.05, 0) is 12.1 Å². The van der Waals surface area contributed by atoms with Crippen LogP contribution >= 0.6 is 0 Å². The summed E-state index contributed by atoms with van der Waals surface area (Å²) in [5.41, 5.74) is 1.45. The number of aromatic carboxylic acids is 1. The standard InChI is InChI=1S/C14H17N3O3/c1-3-11-16-10-6-4-5-9(14(19)20)13(10)17(11)8-7-12(18)15-2/h4-6H,3,7-8H2,1-2H3,(H,15,18)(H,19,20). The van der Waals surface area contributed by atoms with E-state index in [0.717, 1.165) is 5.82 Å². The number of nitrogens with one attached hydrogen (secondary N) is 1. The number of carboxylic acids is 1. The van der Waals surface area contributed by atoms with Crippen molar-refractivity contribution in [3.05, 3.63) is 29.6 Å². The van der Waals surface area contributed by atoms with E-state index in [2.05, 4.69) is 10.3 Å². The van der Waals surface area contributed by atoms with E-state index in [-0.39, 0.29) is 11.5 Å². The summed E-state index contributed by atoms with van der Waals surface area (Å²) in [7, 11) is 1.58. The number of carbonyl (C=O) groups excluding carboxylic acids is 1. The Morgan fingerprint density at radius 2 is 2.15 bits per heavy atom. The SMILES string of the molecule is CCc1nc2cccc(C(=O)O)c2n1CCC(=O)NC. The molecule has 0 saturated carbocycles. The van der Waals surface area contributed by atoms with Gasteiger partial charge in [0.25, 0.3) is 0 Å². The fourth-order valence-electron chi connectivity index (χ4n) is 2.26. The molecule has 2 rings (SSSR count). The molecular formula is C14H17N3O3. The largest absolute Gasteiger partial charge is 0.478 e. The van der Waals surface area contributed by atoms with Gasteiger partial charge in [-0.3, -0.25) is 4.79 Å². The molecule has 0 fully saturated rings. The van der Waals surface area contributed by atoms with Crippen LogP contribution in [-0.2, 0) is 17.8 Å². The van der Waals surface area contributed by atoms with E-state index in [1.165, 1.54) is 0 Å². The number of aromatic nitrogens is 2. The van der Waals surface area contributed by atoms with Gasteiger partial charge < -0.3 is 15.0 Å². The average molecular weight is 275 g/mol. The normalized spacial score (nSPS) is 10.7. The molecular weight excluding hydrogens is 258 g/mol. The summed E-state index contributed by atoms with van der Waals surface area (Å²) in [4.78, 5) is 27.2. The lowest BCUT2D eigenvalue weighted by atomic mass is 10.2. The lowest BCUT2D eigenvalue weighted by Gasteiger charge is -2.09. The fraction of sp³-hybridized carbons (Fsp3) is 0.357. The van der Waals surface area contributed by atoms with Crippen LogP contribution < -0.4 is 5.32 Å². The van der Waals surface area contributed by atoms with Gasteiger partial charge in [-0.1, -0.05) is 13.0 Å². The number of carboxylic acid groups (broad SMARTS) is 1. The smallest absolute Gasteiger partial charge is 0.337 e. The first-order chi connectivity index (χ1) is 9.58. The number of carbonyl (C=O) groups is 2. The first-order valence-corrected chi connectivity index (χ1v) is 6.50. The lowest BCUT2D eigenvalue weighted by molar-refractivity contribution is -0.120. The molecule has 0 radical (unpaired) electrons. The predicted molar refractivity (Wildman–Crippen MR) is 74.8 cm³/mol. The Morgan fingerprint density at radius 3 is 2.75 bits per heavy atom. The summed E-state index contributed by atoms with van der Waals surface area (Å²) in [5.74, 6) is -0.279. The summed E-state index contributed by atoms with van der Waals surface area (Å²) in [5, 5.41) is 11.9. The second kappa shape index (κ2) is 5.73. The highest BCUT2D eigenvalue weighted by molar-refractivity contribution is 6.01. The van der Waals surface area contributed by atoms with E-state index in [0.29, 0.717) is 30.4 Å². The number of hydrogen-bond acceptors (Lipinski definition) is 3. The number of amides is 1. The molecule has 1 aromatic heterocycles. The summed E-state index contributed by atoms with van der Waals surface area (Å²) in [6.45, 7) is 2.38. The third-order valence-electron chi connectivity index (χ3n) is 3.23. The van der Waals surface area contributed by atoms with Gasteiger partial charge in [0.15, 0.2) is 0 Å². The average Bonchev–Trinajstić information content (AvgIpc) is 2.82. The lowest BCUT2D eigenvalue weighted by Crippen LogP contribution is -2.20. The number of fused-ring (bicyclic) bond motifs is 1. The van der Waals surface area contributed by atoms with Crippen molar-refractivity contribution in [2.45, 2.75) is 26.3 Å². The highest BCUT2D eigenvalue weighted by Crippen LogP contribution is 2.21. The van der Waals surface area contributed by atoms with Crippen LogP contribution in [0, 0.1) is 0 Å². The first-order valence-electron chi connectivity index (χ1n) is 6.50. The maximum Gasteiger partial charge on any atom is 0.337 e. The topological polar surface area (TPSA) is 84.2 Å². The third kappa shape index (κ3) is 2.49. The summed E-state index contributed by atoms with van der Waals surface area (Å²) >= 11 is 0. The van der Waals surface area contributed by atoms with Crippen molar-refractivity contribution < 1.29 is 14.7 Å². The molecule has 1 aromatic carbocycles. The molecule has 0 spiro atoms. The Hall–Kier alpha value is -2.37. The van der Waals surface area contributed by atoms with Crippen LogP contribution in [0.4, 0.5) is 0 Å². The van der Waals surface area contributed by atoms with E-state index in [9.17, 15) is 14.7 Å². The fourth-order valence-corrected chi connectivity index (χ4v) is 2.26. The van der Waals surface area contributed by atoms with Crippen molar-refractivity contribution in [1.29, 1.82) is 0 Å². The maximum atomic E-state index is 11.4. The van der Waals surface area contributed by atoms with E-state index in [4.69, 9.17) is 0 Å². The van der Waals surface area contributed by atoms with E-state index < -0.39 is 5.97 Å². The van der Waals surface area contributed by atoms with Gasteiger partial charge >= 0.3 is 5.97 Å². The van der Waals surface area contributed by atoms with Crippen LogP contribution in [0.15, 0.2) is 18.2 Å². The predicted octanol–water partition coefficient (Wildman–Crippen LogP) is 1.43. The van der Waals surface area contributed by atoms with Gasteiger partial charge in [-0.2, -0.15) is 0 Å². The van der Waals surface area contributed by atoms with E-state index in [1.54, 1.807) is 25.2 Å². The van der Waals surface area contributed by atoms with Crippen molar-refractivity contribution in [1.82, 2.24) is 14.9 Å². The van der Waals surface area contributed by atoms with Gasteiger partial charge in [-0.15, -0.1) is 0 Å². The molecule has 2 aromatic rings. The Bertz CT molecular complexity index is 661. The first kappa shape index (κ1) is 14.0. The molecule has 0 aliphatic heterocycles. The van der Waals surface area contributed by atoms with Crippen molar-refractivity contribution in [2.75, 3.05) is 7.05 Å². The van der Waals surface area contributed by atoms with Crippen LogP contribution in [0.5, 0.6) is 0 Å². The van der Waals surface area contributed by atoms with Crippen LogP contribution in [0.3, 0.4) is 0 Å². The van der Waals surface area contributed by atoms with Crippen molar-refractivity contribution in [2.24, 2.45) is 0 Å². The van der Waals surface area contributed by atoms with Gasteiger partial charge in [0.2, 0.25) is 5.91 Å². The zero-order chi connectivity index (χ0) is 14.7. The number of rotatable bonds is 5. The number of hydrogen-bond donors (Lipinski definition) is 2. The number of imidazole rings is 1. The maximum absolute atomic E-state index is 11.4. The van der Waals surface area contributed by atoms with Gasteiger partial charge in [-0.25, -0.2) is 9.78 Å². The zero-order valence-corrected chi connectivity index (χ0v) is 11.5. The monoisotopic (exact) mass is 275 g/mol. The van der Waals surface area contributed by atoms with E-state index in [1.807, 2.05) is 11.5 Å². The molecule has 1 amide bonds. The number of aryl methyl sites for hydroxylation is 2. The number of benzene rings is 1. The molecule has 0 bridgehead atoms. The third-order valence-corrected chi connectivity index (χ3v) is 3.23. The molecule has 0 aliphatic rings. The molecule has 0 unspecified atom stereocenters. The molecule has 106 valence electrons. The minimum atomic E-state index is -0.987. The Labute approximate surface area is 116 Å². The molecule has 1 heterocycles. The molecule has 0 atom stereocenters. The minimum absolute atomic E-state index is 0.0818. The highest BCUT2D eigenvalue weighted by Gasteiger charge is 2.17. The minimum Gasteiger partial charge on any atom is -0.478 e. The molecule has 0 aliphatic carbocycles. The van der Waals surface area contributed by atoms with Gasteiger partial charge in [0.1, 0.15) is 5.82 Å². The number of para-hydroxylation sites is 1. The summed E-state index contributed by atoms with van der Waals surface area (Å²) < 4.78 is 1.83.